The Morgan fingerprint density at radius 2 is 2.00 bits per heavy atom. The smallest absolute Gasteiger partial charge is 0.138 e. The number of hydrogen-bond acceptors (Lipinski definition) is 5. The molecule has 0 fully saturated rings. The molecule has 2 aromatic carbocycles. The molecule has 6 rings (SSSR count). The highest BCUT2D eigenvalue weighted by atomic mass is 16.5. The van der Waals surface area contributed by atoms with Crippen LogP contribution < -0.4 is 10.5 Å². The summed E-state index contributed by atoms with van der Waals surface area (Å²) in [4.78, 5) is 4.75. The molecule has 4 heterocycles. The lowest BCUT2D eigenvalue weighted by atomic mass is 9.98. The van der Waals surface area contributed by atoms with E-state index in [1.165, 1.54) is 10.9 Å². The fourth-order valence-corrected chi connectivity index (χ4v) is 4.68. The molecule has 7 nitrogen and oxygen atoms in total. The van der Waals surface area contributed by atoms with Gasteiger partial charge in [-0.1, -0.05) is 31.2 Å². The number of nitrogens with two attached hydrogens (primary N) is 1. The van der Waals surface area contributed by atoms with Crippen LogP contribution in [0.4, 0.5) is 0 Å². The molecular formula is C29H27N5O2. The van der Waals surface area contributed by atoms with E-state index in [-0.39, 0.29) is 6.04 Å². The van der Waals surface area contributed by atoms with E-state index in [1.54, 1.807) is 18.7 Å². The van der Waals surface area contributed by atoms with Gasteiger partial charge < -0.3 is 19.5 Å². The number of pyridine rings is 1. The van der Waals surface area contributed by atoms with Crippen LogP contribution in [0.2, 0.25) is 0 Å². The number of fused-ring (bicyclic) bond motifs is 2. The molecule has 0 unspecified atom stereocenters. The highest BCUT2D eigenvalue weighted by Gasteiger charge is 2.15. The van der Waals surface area contributed by atoms with Gasteiger partial charge in [-0.2, -0.15) is 5.10 Å². The number of aromatic nitrogens is 4. The van der Waals surface area contributed by atoms with E-state index in [2.05, 4.69) is 58.2 Å². The number of ether oxygens (including phenoxy) is 1. The molecule has 0 saturated carbocycles. The highest BCUT2D eigenvalue weighted by Crippen LogP contribution is 2.35. The number of H-pyrrole nitrogens is 1. The van der Waals surface area contributed by atoms with Crippen molar-refractivity contribution in [3.8, 4) is 28.1 Å². The Morgan fingerprint density at radius 1 is 1.08 bits per heavy atom. The van der Waals surface area contributed by atoms with Gasteiger partial charge in [-0.05, 0) is 53.8 Å². The van der Waals surface area contributed by atoms with E-state index in [9.17, 15) is 0 Å². The Bertz CT molecular complexity index is 1630. The summed E-state index contributed by atoms with van der Waals surface area (Å²) in [6.45, 7) is 3.16. The molecule has 0 bridgehead atoms. The zero-order valence-electron chi connectivity index (χ0n) is 20.0. The van der Waals surface area contributed by atoms with Gasteiger partial charge in [-0.15, -0.1) is 0 Å². The van der Waals surface area contributed by atoms with Crippen molar-refractivity contribution >= 4 is 21.8 Å². The SMILES string of the molecule is CCc1[nH]nc2ccc(-c3cc(OC[C@@H](N)Cn4ccc5ccccc54)cnc3-c3ccoc3)cc12. The minimum atomic E-state index is -0.174. The van der Waals surface area contributed by atoms with Gasteiger partial charge in [0.05, 0.1) is 36.0 Å². The maximum absolute atomic E-state index is 6.45. The maximum Gasteiger partial charge on any atom is 0.138 e. The maximum atomic E-state index is 6.45. The summed E-state index contributed by atoms with van der Waals surface area (Å²) >= 11 is 0. The molecule has 4 aromatic heterocycles. The first-order valence-electron chi connectivity index (χ1n) is 12.1. The highest BCUT2D eigenvalue weighted by molar-refractivity contribution is 5.90. The molecule has 0 aliphatic carbocycles. The molecule has 0 radical (unpaired) electrons. The van der Waals surface area contributed by atoms with Gasteiger partial charge in [0, 0.05) is 40.5 Å². The minimum absolute atomic E-state index is 0.174. The number of nitrogens with one attached hydrogen (secondary N) is 1. The Labute approximate surface area is 208 Å². The summed E-state index contributed by atoms with van der Waals surface area (Å²) in [5.74, 6) is 0.674. The lowest BCUT2D eigenvalue weighted by Crippen LogP contribution is -2.32. The van der Waals surface area contributed by atoms with Gasteiger partial charge in [-0.25, -0.2) is 0 Å². The molecule has 0 saturated heterocycles. The number of benzene rings is 2. The zero-order valence-corrected chi connectivity index (χ0v) is 20.0. The number of rotatable bonds is 8. The fraction of sp³-hybridized carbons (Fsp3) is 0.172. The fourth-order valence-electron chi connectivity index (χ4n) is 4.68. The van der Waals surface area contributed by atoms with E-state index in [1.807, 2.05) is 30.3 Å². The van der Waals surface area contributed by atoms with Crippen LogP contribution in [0.5, 0.6) is 5.75 Å². The molecule has 0 aliphatic rings. The lowest BCUT2D eigenvalue weighted by molar-refractivity contribution is 0.276. The van der Waals surface area contributed by atoms with Crippen LogP contribution in [0.1, 0.15) is 12.6 Å². The molecule has 36 heavy (non-hydrogen) atoms. The molecule has 0 aliphatic heterocycles. The Balaban J connectivity index is 1.28. The van der Waals surface area contributed by atoms with Crippen LogP contribution in [0, 0.1) is 0 Å². The monoisotopic (exact) mass is 477 g/mol. The van der Waals surface area contributed by atoms with Crippen LogP contribution in [0.3, 0.4) is 0 Å². The second-order valence-corrected chi connectivity index (χ2v) is 8.96. The van der Waals surface area contributed by atoms with E-state index >= 15 is 0 Å². The van der Waals surface area contributed by atoms with Crippen molar-refractivity contribution in [2.24, 2.45) is 5.73 Å². The number of para-hydroxylation sites is 1. The van der Waals surface area contributed by atoms with Crippen molar-refractivity contribution in [3.05, 3.63) is 91.3 Å². The summed E-state index contributed by atoms with van der Waals surface area (Å²) in [6, 6.07) is 20.4. The predicted octanol–water partition coefficient (Wildman–Crippen LogP) is 5.81. The van der Waals surface area contributed by atoms with Crippen LogP contribution in [0.15, 0.2) is 90.0 Å². The average molecular weight is 478 g/mol. The van der Waals surface area contributed by atoms with Crippen molar-refractivity contribution in [1.82, 2.24) is 19.7 Å². The Morgan fingerprint density at radius 3 is 2.86 bits per heavy atom. The number of hydrogen-bond donors (Lipinski definition) is 2. The minimum Gasteiger partial charge on any atom is -0.490 e. The third kappa shape index (κ3) is 4.14. The first-order chi connectivity index (χ1) is 17.7. The normalized spacial score (nSPS) is 12.4. The first-order valence-corrected chi connectivity index (χ1v) is 12.1. The van der Waals surface area contributed by atoms with Gasteiger partial charge in [0.15, 0.2) is 0 Å². The van der Waals surface area contributed by atoms with Gasteiger partial charge in [-0.3, -0.25) is 10.1 Å². The largest absolute Gasteiger partial charge is 0.490 e. The lowest BCUT2D eigenvalue weighted by Gasteiger charge is -2.16. The van der Waals surface area contributed by atoms with Gasteiger partial charge >= 0.3 is 0 Å². The van der Waals surface area contributed by atoms with Crippen molar-refractivity contribution < 1.29 is 9.15 Å². The van der Waals surface area contributed by atoms with Crippen LogP contribution in [-0.2, 0) is 13.0 Å². The topological polar surface area (TPSA) is 94.9 Å². The van der Waals surface area contributed by atoms with Gasteiger partial charge in [0.1, 0.15) is 12.4 Å². The first kappa shape index (κ1) is 22.1. The second kappa shape index (κ2) is 9.36. The van der Waals surface area contributed by atoms with Crippen LogP contribution >= 0.6 is 0 Å². The van der Waals surface area contributed by atoms with E-state index < -0.39 is 0 Å². The number of nitrogens with zero attached hydrogens (tertiary/aromatic N) is 3. The molecule has 3 N–H and O–H groups in total. The Hall–Kier alpha value is -4.36. The molecule has 0 spiro atoms. The van der Waals surface area contributed by atoms with E-state index in [0.717, 1.165) is 45.4 Å². The van der Waals surface area contributed by atoms with Crippen molar-refractivity contribution in [2.75, 3.05) is 6.61 Å². The van der Waals surface area contributed by atoms with Gasteiger partial charge in [0.25, 0.3) is 0 Å². The summed E-state index contributed by atoms with van der Waals surface area (Å²) < 4.78 is 13.6. The second-order valence-electron chi connectivity index (χ2n) is 8.96. The zero-order chi connectivity index (χ0) is 24.5. The average Bonchev–Trinajstić information content (AvgIpc) is 3.67. The Kier molecular flexibility index (Phi) is 5.75. The summed E-state index contributed by atoms with van der Waals surface area (Å²) in [7, 11) is 0. The summed E-state index contributed by atoms with van der Waals surface area (Å²) in [6.07, 6.45) is 8.06. The van der Waals surface area contributed by atoms with Crippen molar-refractivity contribution in [2.45, 2.75) is 25.9 Å². The van der Waals surface area contributed by atoms with Crippen LogP contribution in [-0.4, -0.2) is 32.4 Å². The third-order valence-electron chi connectivity index (χ3n) is 6.53. The predicted molar refractivity (Wildman–Crippen MR) is 142 cm³/mol. The molecular weight excluding hydrogens is 450 g/mol. The van der Waals surface area contributed by atoms with Gasteiger partial charge in [0.2, 0.25) is 0 Å². The number of aromatic amines is 1. The third-order valence-corrected chi connectivity index (χ3v) is 6.53. The molecule has 1 atom stereocenters. The molecule has 6 aromatic rings. The quantitative estimate of drug-likeness (QED) is 0.289. The standard InChI is InChI=1S/C29H27N5O2/c1-2-26-25-13-20(7-8-27(25)33-32-26)24-14-23(15-31-29(24)21-10-12-35-17-21)36-18-22(30)16-34-11-9-19-5-3-4-6-28(19)34/h3-15,17,22H,2,16,18,30H2,1H3,(H,32,33)/t22-/m0/s1. The van der Waals surface area contributed by atoms with Crippen molar-refractivity contribution in [3.63, 3.8) is 0 Å². The van der Waals surface area contributed by atoms with E-state index in [0.29, 0.717) is 18.9 Å². The molecule has 0 amide bonds. The summed E-state index contributed by atoms with van der Waals surface area (Å²) in [5.41, 5.74) is 13.4. The number of aryl methyl sites for hydroxylation is 1. The van der Waals surface area contributed by atoms with E-state index in [4.69, 9.17) is 19.9 Å². The number of furan rings is 1. The summed E-state index contributed by atoms with van der Waals surface area (Å²) in [5, 5.41) is 9.87. The molecule has 180 valence electrons. The molecule has 7 heteroatoms. The van der Waals surface area contributed by atoms with Crippen molar-refractivity contribution in [1.29, 1.82) is 0 Å². The van der Waals surface area contributed by atoms with Crippen LogP contribution in [0.25, 0.3) is 44.2 Å².